The summed E-state index contributed by atoms with van der Waals surface area (Å²) in [4.78, 5) is 33.7. The van der Waals surface area contributed by atoms with Crippen molar-refractivity contribution < 1.29 is 33.9 Å². The van der Waals surface area contributed by atoms with Crippen LogP contribution in [0.15, 0.2) is 0 Å². The Morgan fingerprint density at radius 1 is 1.18 bits per heavy atom. The SMILES string of the molecule is CC(C)[C@H](N)C(=O)O.C[C@@H]1CC[C@H]2[C@@H](C)C(=O)O[C@@H]3O[C@]4(C)CC[C@@H]1[C@]32OO4. The molecule has 0 unspecified atom stereocenters. The number of hydrogen-bond donors (Lipinski definition) is 2. The van der Waals surface area contributed by atoms with Gasteiger partial charge in [-0.25, -0.2) is 9.78 Å². The van der Waals surface area contributed by atoms with Gasteiger partial charge in [0.15, 0.2) is 5.60 Å². The lowest BCUT2D eigenvalue weighted by molar-refractivity contribution is -0.559. The van der Waals surface area contributed by atoms with E-state index in [0.717, 1.165) is 25.7 Å². The Kier molecular flexibility index (Phi) is 5.80. The first-order valence-electron chi connectivity index (χ1n) is 10.3. The van der Waals surface area contributed by atoms with Crippen molar-refractivity contribution in [1.82, 2.24) is 0 Å². The Balaban J connectivity index is 0.000000242. The standard InChI is InChI=1S/C15H22O5.C5H11NO2/c1-8-4-5-11-9(2)12(16)17-13-15(11)10(8)6-7-14(3,18-13)19-20-15;1-3(2)4(6)5(7)8/h8-11,13H,4-7H2,1-3H3;3-4H,6H2,1-2H3,(H,7,8)/t8-,9-,10+,11+,13-,14+,15-;4-/m10/s1. The molecule has 1 aliphatic carbocycles. The van der Waals surface area contributed by atoms with E-state index in [1.54, 1.807) is 13.8 Å². The van der Waals surface area contributed by atoms with Crippen LogP contribution < -0.4 is 5.73 Å². The number of carbonyl (C=O) groups is 2. The number of carboxylic acid groups (broad SMARTS) is 1. The van der Waals surface area contributed by atoms with Gasteiger partial charge in [-0.05, 0) is 38.0 Å². The zero-order valence-corrected chi connectivity index (χ0v) is 17.3. The molecule has 1 saturated carbocycles. The lowest BCUT2D eigenvalue weighted by Gasteiger charge is -2.57. The van der Waals surface area contributed by atoms with E-state index in [2.05, 4.69) is 6.92 Å². The first kappa shape index (κ1) is 21.5. The molecule has 4 saturated heterocycles. The first-order valence-corrected chi connectivity index (χ1v) is 10.3. The number of nitrogens with two attached hydrogens (primary N) is 1. The van der Waals surface area contributed by atoms with Crippen molar-refractivity contribution in [3.05, 3.63) is 0 Å². The number of carbonyl (C=O) groups excluding carboxylic acids is 1. The van der Waals surface area contributed by atoms with E-state index < -0.39 is 29.7 Å². The minimum atomic E-state index is -0.931. The van der Waals surface area contributed by atoms with E-state index in [4.69, 9.17) is 30.1 Å². The fraction of sp³-hybridized carbons (Fsp3) is 0.900. The van der Waals surface area contributed by atoms with Crippen molar-refractivity contribution in [2.24, 2.45) is 35.3 Å². The molecule has 8 heteroatoms. The van der Waals surface area contributed by atoms with Crippen LogP contribution in [-0.2, 0) is 28.8 Å². The molecule has 8 atom stereocenters. The van der Waals surface area contributed by atoms with E-state index in [1.807, 2.05) is 13.8 Å². The van der Waals surface area contributed by atoms with Gasteiger partial charge in [0.25, 0.3) is 0 Å². The summed E-state index contributed by atoms with van der Waals surface area (Å²) in [5.74, 6) is -1.05. The van der Waals surface area contributed by atoms with Crippen molar-refractivity contribution >= 4 is 11.9 Å². The van der Waals surface area contributed by atoms with Crippen molar-refractivity contribution in [3.63, 3.8) is 0 Å². The quantitative estimate of drug-likeness (QED) is 0.537. The van der Waals surface area contributed by atoms with Crippen molar-refractivity contribution in [1.29, 1.82) is 0 Å². The maximum atomic E-state index is 12.1. The van der Waals surface area contributed by atoms with Crippen molar-refractivity contribution in [3.8, 4) is 0 Å². The largest absolute Gasteiger partial charge is 0.480 e. The van der Waals surface area contributed by atoms with Crippen LogP contribution in [0.3, 0.4) is 0 Å². The van der Waals surface area contributed by atoms with Gasteiger partial charge in [0.1, 0.15) is 6.04 Å². The fourth-order valence-electron chi connectivity index (χ4n) is 5.05. The monoisotopic (exact) mass is 399 g/mol. The number of carboxylic acids is 1. The number of esters is 1. The molecule has 160 valence electrons. The van der Waals surface area contributed by atoms with Gasteiger partial charge in [-0.1, -0.05) is 27.7 Å². The molecule has 8 nitrogen and oxygen atoms in total. The van der Waals surface area contributed by atoms with Gasteiger partial charge < -0.3 is 20.3 Å². The molecule has 28 heavy (non-hydrogen) atoms. The average Bonchev–Trinajstić information content (AvgIpc) is 2.85. The van der Waals surface area contributed by atoms with Crippen LogP contribution >= 0.6 is 0 Å². The zero-order chi connectivity index (χ0) is 20.9. The van der Waals surface area contributed by atoms with E-state index in [-0.39, 0.29) is 23.7 Å². The predicted molar refractivity (Wildman–Crippen MR) is 98.5 cm³/mol. The highest BCUT2D eigenvalue weighted by molar-refractivity contribution is 5.74. The summed E-state index contributed by atoms with van der Waals surface area (Å²) in [5, 5.41) is 8.23. The Morgan fingerprint density at radius 3 is 2.43 bits per heavy atom. The summed E-state index contributed by atoms with van der Waals surface area (Å²) in [5.41, 5.74) is 4.55. The zero-order valence-electron chi connectivity index (χ0n) is 17.3. The number of aliphatic carboxylic acids is 1. The molecule has 0 aromatic heterocycles. The topological polar surface area (TPSA) is 117 Å². The lowest BCUT2D eigenvalue weighted by Crippen LogP contribution is -2.69. The van der Waals surface area contributed by atoms with Gasteiger partial charge in [-0.3, -0.25) is 9.59 Å². The minimum Gasteiger partial charge on any atom is -0.480 e. The van der Waals surface area contributed by atoms with Crippen LogP contribution in [0.2, 0.25) is 0 Å². The molecule has 5 rings (SSSR count). The predicted octanol–water partition coefficient (Wildman–Crippen LogP) is 2.45. The van der Waals surface area contributed by atoms with Gasteiger partial charge in [0.2, 0.25) is 12.1 Å². The number of fused-ring (bicyclic) bond motifs is 2. The maximum absolute atomic E-state index is 12.1. The van der Waals surface area contributed by atoms with Gasteiger partial charge in [-0.2, -0.15) is 0 Å². The van der Waals surface area contributed by atoms with E-state index in [9.17, 15) is 9.59 Å². The molecule has 4 heterocycles. The van der Waals surface area contributed by atoms with Gasteiger partial charge >= 0.3 is 11.9 Å². The second-order valence-electron chi connectivity index (χ2n) is 9.24. The molecule has 0 radical (unpaired) electrons. The average molecular weight is 399 g/mol. The van der Waals surface area contributed by atoms with Crippen molar-refractivity contribution in [2.45, 2.75) is 84.0 Å². The van der Waals surface area contributed by atoms with Gasteiger partial charge in [0, 0.05) is 18.3 Å². The molecule has 4 aliphatic heterocycles. The molecular formula is C20H33NO7. The van der Waals surface area contributed by atoms with Crippen LogP contribution in [0.25, 0.3) is 0 Å². The van der Waals surface area contributed by atoms with Gasteiger partial charge in [-0.15, -0.1) is 0 Å². The second-order valence-corrected chi connectivity index (χ2v) is 9.24. The molecule has 5 aliphatic rings. The van der Waals surface area contributed by atoms with Crippen molar-refractivity contribution in [2.75, 3.05) is 0 Å². The Bertz CT molecular complexity index is 626. The Hall–Kier alpha value is -1.22. The molecule has 5 fully saturated rings. The lowest BCUT2D eigenvalue weighted by atomic mass is 9.58. The maximum Gasteiger partial charge on any atom is 0.320 e. The molecule has 0 aromatic rings. The highest BCUT2D eigenvalue weighted by Crippen LogP contribution is 2.59. The Labute approximate surface area is 165 Å². The molecule has 1 spiro atoms. The summed E-state index contributed by atoms with van der Waals surface area (Å²) in [6, 6.07) is -0.713. The van der Waals surface area contributed by atoms with E-state index >= 15 is 0 Å². The minimum absolute atomic E-state index is 0.0208. The highest BCUT2D eigenvalue weighted by atomic mass is 17.3. The second kappa shape index (κ2) is 7.55. The summed E-state index contributed by atoms with van der Waals surface area (Å²) in [7, 11) is 0. The van der Waals surface area contributed by atoms with E-state index in [1.165, 1.54) is 0 Å². The summed E-state index contributed by atoms with van der Waals surface area (Å²) < 4.78 is 11.6. The normalized spacial score (nSPS) is 45.2. The van der Waals surface area contributed by atoms with Crippen LogP contribution in [0.1, 0.15) is 60.3 Å². The Morgan fingerprint density at radius 2 is 1.86 bits per heavy atom. The van der Waals surface area contributed by atoms with Crippen LogP contribution in [0.4, 0.5) is 0 Å². The molecule has 3 N–H and O–H groups in total. The van der Waals surface area contributed by atoms with E-state index in [0.29, 0.717) is 11.8 Å². The summed E-state index contributed by atoms with van der Waals surface area (Å²) in [6.07, 6.45) is 3.24. The van der Waals surface area contributed by atoms with Crippen LogP contribution in [-0.4, -0.2) is 40.8 Å². The highest BCUT2D eigenvalue weighted by Gasteiger charge is 2.70. The smallest absolute Gasteiger partial charge is 0.320 e. The number of ether oxygens (including phenoxy) is 2. The third-order valence-electron chi connectivity index (χ3n) is 6.98. The summed E-state index contributed by atoms with van der Waals surface area (Å²) >= 11 is 0. The van der Waals surface area contributed by atoms with Crippen LogP contribution in [0, 0.1) is 29.6 Å². The van der Waals surface area contributed by atoms with Gasteiger partial charge in [0.05, 0.1) is 5.92 Å². The summed E-state index contributed by atoms with van der Waals surface area (Å²) in [6.45, 7) is 9.62. The molecular weight excluding hydrogens is 366 g/mol. The fourth-order valence-corrected chi connectivity index (χ4v) is 5.05. The molecule has 0 aromatic carbocycles. The third-order valence-corrected chi connectivity index (χ3v) is 6.98. The number of hydrogen-bond acceptors (Lipinski definition) is 7. The first-order chi connectivity index (χ1) is 13.0. The van der Waals surface area contributed by atoms with Crippen LogP contribution in [0.5, 0.6) is 0 Å². The third kappa shape index (κ3) is 3.44. The number of rotatable bonds is 2. The molecule has 0 amide bonds. The molecule has 2 bridgehead atoms.